The van der Waals surface area contributed by atoms with Crippen molar-refractivity contribution in [1.29, 1.82) is 0 Å². The molecule has 1 unspecified atom stereocenters. The van der Waals surface area contributed by atoms with Crippen LogP contribution in [0.3, 0.4) is 0 Å². The first-order valence-electron chi connectivity index (χ1n) is 8.74. The molecule has 0 amide bonds. The zero-order chi connectivity index (χ0) is 18.8. The Labute approximate surface area is 158 Å². The summed E-state index contributed by atoms with van der Waals surface area (Å²) in [5, 5.41) is 5.62. The SMILES string of the molecule is CC(=O)OCc1c(C)cc(C)c(CNC(C)c2cn3ccsc3n2)c1C. The molecule has 0 saturated carbocycles. The molecular weight excluding hydrogens is 346 g/mol. The fourth-order valence-corrected chi connectivity index (χ4v) is 3.96. The summed E-state index contributed by atoms with van der Waals surface area (Å²) in [6, 6.07) is 2.32. The van der Waals surface area contributed by atoms with Crippen molar-refractivity contribution in [3.63, 3.8) is 0 Å². The van der Waals surface area contributed by atoms with Gasteiger partial charge in [-0.15, -0.1) is 11.3 Å². The van der Waals surface area contributed by atoms with Crippen molar-refractivity contribution in [3.8, 4) is 0 Å². The van der Waals surface area contributed by atoms with Crippen LogP contribution in [0.1, 0.15) is 53.4 Å². The number of aromatic nitrogens is 2. The zero-order valence-electron chi connectivity index (χ0n) is 15.9. The quantitative estimate of drug-likeness (QED) is 0.659. The van der Waals surface area contributed by atoms with Crippen molar-refractivity contribution in [3.05, 3.63) is 57.4 Å². The second kappa shape index (κ2) is 7.60. The molecule has 0 saturated heterocycles. The fraction of sp³-hybridized carbons (Fsp3) is 0.400. The minimum atomic E-state index is -0.252. The Morgan fingerprint density at radius 3 is 2.73 bits per heavy atom. The number of hydrogen-bond acceptors (Lipinski definition) is 5. The molecule has 0 spiro atoms. The molecular formula is C20H25N3O2S. The van der Waals surface area contributed by atoms with Gasteiger partial charge in [-0.2, -0.15) is 0 Å². The van der Waals surface area contributed by atoms with Crippen LogP contribution in [0, 0.1) is 20.8 Å². The Morgan fingerprint density at radius 2 is 2.04 bits per heavy atom. The Bertz CT molecular complexity index is 914. The molecule has 0 radical (unpaired) electrons. The van der Waals surface area contributed by atoms with Crippen LogP contribution in [0.4, 0.5) is 0 Å². The van der Waals surface area contributed by atoms with Gasteiger partial charge in [-0.05, 0) is 55.5 Å². The molecule has 3 aromatic rings. The first-order chi connectivity index (χ1) is 12.4. The monoisotopic (exact) mass is 371 g/mol. The molecule has 5 nitrogen and oxygen atoms in total. The van der Waals surface area contributed by atoms with E-state index in [2.05, 4.69) is 54.7 Å². The van der Waals surface area contributed by atoms with E-state index in [1.165, 1.54) is 23.6 Å². The van der Waals surface area contributed by atoms with Gasteiger partial charge in [0.1, 0.15) is 6.61 Å². The molecule has 1 N–H and O–H groups in total. The lowest BCUT2D eigenvalue weighted by molar-refractivity contribution is -0.142. The lowest BCUT2D eigenvalue weighted by atomic mass is 9.93. The van der Waals surface area contributed by atoms with Crippen LogP contribution in [0.2, 0.25) is 0 Å². The number of nitrogens with zero attached hydrogens (tertiary/aromatic N) is 2. The van der Waals surface area contributed by atoms with Gasteiger partial charge in [0, 0.05) is 37.3 Å². The Kier molecular flexibility index (Phi) is 5.44. The third kappa shape index (κ3) is 3.81. The smallest absolute Gasteiger partial charge is 0.302 e. The average Bonchev–Trinajstić information content (AvgIpc) is 3.15. The van der Waals surface area contributed by atoms with E-state index in [1.54, 1.807) is 11.3 Å². The number of aryl methyl sites for hydroxylation is 2. The summed E-state index contributed by atoms with van der Waals surface area (Å²) in [5.41, 5.74) is 6.99. The van der Waals surface area contributed by atoms with Gasteiger partial charge in [-0.1, -0.05) is 6.07 Å². The van der Waals surface area contributed by atoms with E-state index < -0.39 is 0 Å². The number of hydrogen-bond donors (Lipinski definition) is 1. The molecule has 0 aliphatic carbocycles. The predicted octanol–water partition coefficient (Wildman–Crippen LogP) is 4.23. The minimum absolute atomic E-state index is 0.152. The van der Waals surface area contributed by atoms with Gasteiger partial charge in [-0.25, -0.2) is 4.98 Å². The molecule has 0 aliphatic rings. The Balaban J connectivity index is 1.76. The Hall–Kier alpha value is -2.18. The van der Waals surface area contributed by atoms with Gasteiger partial charge in [0.15, 0.2) is 4.96 Å². The molecule has 1 atom stereocenters. The van der Waals surface area contributed by atoms with Gasteiger partial charge in [-0.3, -0.25) is 9.20 Å². The van der Waals surface area contributed by atoms with E-state index in [4.69, 9.17) is 4.74 Å². The molecule has 26 heavy (non-hydrogen) atoms. The van der Waals surface area contributed by atoms with Crippen LogP contribution >= 0.6 is 11.3 Å². The summed E-state index contributed by atoms with van der Waals surface area (Å²) in [4.78, 5) is 16.9. The number of nitrogens with one attached hydrogen (secondary N) is 1. The zero-order valence-corrected chi connectivity index (χ0v) is 16.7. The van der Waals surface area contributed by atoms with Gasteiger partial charge >= 0.3 is 5.97 Å². The maximum Gasteiger partial charge on any atom is 0.302 e. The topological polar surface area (TPSA) is 55.6 Å². The highest BCUT2D eigenvalue weighted by Crippen LogP contribution is 2.24. The van der Waals surface area contributed by atoms with Crippen molar-refractivity contribution in [2.24, 2.45) is 0 Å². The number of carbonyl (C=O) groups is 1. The average molecular weight is 372 g/mol. The standard InChI is InChI=1S/C20H25N3O2S/c1-12-8-13(2)18(11-25-16(5)24)14(3)17(12)9-21-15(4)19-10-23-6-7-26-20(23)22-19/h6-8,10,15,21H,9,11H2,1-5H3. The minimum Gasteiger partial charge on any atom is -0.461 e. The highest BCUT2D eigenvalue weighted by molar-refractivity contribution is 7.15. The Morgan fingerprint density at radius 1 is 1.31 bits per heavy atom. The first kappa shape index (κ1) is 18.6. The van der Waals surface area contributed by atoms with E-state index in [0.717, 1.165) is 28.3 Å². The van der Waals surface area contributed by atoms with Crippen molar-refractivity contribution in [1.82, 2.24) is 14.7 Å². The van der Waals surface area contributed by atoms with Gasteiger partial charge < -0.3 is 10.1 Å². The number of benzene rings is 1. The fourth-order valence-electron chi connectivity index (χ4n) is 3.25. The number of imidazole rings is 1. The van der Waals surface area contributed by atoms with E-state index in [-0.39, 0.29) is 12.0 Å². The largest absolute Gasteiger partial charge is 0.461 e. The summed E-state index contributed by atoms with van der Waals surface area (Å²) in [7, 11) is 0. The first-order valence-corrected chi connectivity index (χ1v) is 9.62. The predicted molar refractivity (Wildman–Crippen MR) is 104 cm³/mol. The summed E-state index contributed by atoms with van der Waals surface area (Å²) >= 11 is 1.64. The van der Waals surface area contributed by atoms with Crippen LogP contribution in [0.15, 0.2) is 23.8 Å². The highest BCUT2D eigenvalue weighted by Gasteiger charge is 2.15. The number of fused-ring (bicyclic) bond motifs is 1. The normalized spacial score (nSPS) is 12.5. The van der Waals surface area contributed by atoms with Crippen LogP contribution < -0.4 is 5.32 Å². The van der Waals surface area contributed by atoms with Crippen molar-refractivity contribution in [2.75, 3.05) is 0 Å². The van der Waals surface area contributed by atoms with Gasteiger partial charge in [0.05, 0.1) is 5.69 Å². The summed E-state index contributed by atoms with van der Waals surface area (Å²) in [5.74, 6) is -0.252. The van der Waals surface area contributed by atoms with Crippen LogP contribution in [-0.2, 0) is 22.7 Å². The number of thiazole rings is 1. The lowest BCUT2D eigenvalue weighted by Gasteiger charge is -2.19. The van der Waals surface area contributed by atoms with Gasteiger partial charge in [0.2, 0.25) is 0 Å². The molecule has 0 fully saturated rings. The highest BCUT2D eigenvalue weighted by atomic mass is 32.1. The van der Waals surface area contributed by atoms with Crippen molar-refractivity contribution < 1.29 is 9.53 Å². The van der Waals surface area contributed by atoms with Gasteiger partial charge in [0.25, 0.3) is 0 Å². The third-order valence-corrected chi connectivity index (χ3v) is 5.62. The molecule has 2 heterocycles. The number of rotatable bonds is 6. The van der Waals surface area contributed by atoms with Crippen LogP contribution in [-0.4, -0.2) is 15.4 Å². The molecule has 0 bridgehead atoms. The van der Waals surface area contributed by atoms with E-state index >= 15 is 0 Å². The third-order valence-electron chi connectivity index (χ3n) is 4.85. The van der Waals surface area contributed by atoms with E-state index in [9.17, 15) is 4.79 Å². The molecule has 6 heteroatoms. The maximum atomic E-state index is 11.2. The van der Waals surface area contributed by atoms with Crippen LogP contribution in [0.5, 0.6) is 0 Å². The number of esters is 1. The second-order valence-electron chi connectivity index (χ2n) is 6.73. The van der Waals surface area contributed by atoms with E-state index in [0.29, 0.717) is 6.61 Å². The lowest BCUT2D eigenvalue weighted by Crippen LogP contribution is -2.20. The maximum absolute atomic E-state index is 11.2. The van der Waals surface area contributed by atoms with Crippen molar-refractivity contribution in [2.45, 2.75) is 53.8 Å². The molecule has 0 aliphatic heterocycles. The second-order valence-corrected chi connectivity index (χ2v) is 7.61. The summed E-state index contributed by atoms with van der Waals surface area (Å²) < 4.78 is 7.29. The van der Waals surface area contributed by atoms with Crippen molar-refractivity contribution >= 4 is 22.3 Å². The molecule has 1 aromatic carbocycles. The summed E-state index contributed by atoms with van der Waals surface area (Å²) in [6.07, 6.45) is 4.10. The van der Waals surface area contributed by atoms with E-state index in [1.807, 2.05) is 11.6 Å². The molecule has 138 valence electrons. The summed E-state index contributed by atoms with van der Waals surface area (Å²) in [6.45, 7) is 10.9. The number of ether oxygens (including phenoxy) is 1. The number of carbonyl (C=O) groups excluding carboxylic acids is 1. The molecule has 2 aromatic heterocycles. The molecule has 3 rings (SSSR count). The van der Waals surface area contributed by atoms with Crippen LogP contribution in [0.25, 0.3) is 4.96 Å².